The highest BCUT2D eigenvalue weighted by Crippen LogP contribution is 2.40. The summed E-state index contributed by atoms with van der Waals surface area (Å²) in [5, 5.41) is 7.05. The summed E-state index contributed by atoms with van der Waals surface area (Å²) in [6.07, 6.45) is 2.91. The Bertz CT molecular complexity index is 1390. The van der Waals surface area contributed by atoms with Gasteiger partial charge in [0.1, 0.15) is 17.6 Å². The zero-order valence-electron chi connectivity index (χ0n) is 20.4. The van der Waals surface area contributed by atoms with Gasteiger partial charge in [-0.05, 0) is 66.7 Å². The van der Waals surface area contributed by atoms with Crippen molar-refractivity contribution in [1.29, 1.82) is 0 Å². The number of aromatic nitrogens is 1. The Morgan fingerprint density at radius 3 is 2.62 bits per heavy atom. The van der Waals surface area contributed by atoms with E-state index in [2.05, 4.69) is 38.5 Å². The minimum Gasteiger partial charge on any atom is -0.459 e. The summed E-state index contributed by atoms with van der Waals surface area (Å²) in [5.41, 5.74) is 3.81. The van der Waals surface area contributed by atoms with Crippen LogP contribution in [0.4, 0.5) is 5.69 Å². The number of carbonyl (C=O) groups is 1. The molecule has 3 heterocycles. The third-order valence-electron chi connectivity index (χ3n) is 6.50. The van der Waals surface area contributed by atoms with Crippen molar-refractivity contribution in [2.24, 2.45) is 0 Å². The number of carbonyl (C=O) groups excluding carboxylic acids is 1. The monoisotopic (exact) mass is 574 g/mol. The number of rotatable bonds is 8. The second-order valence-corrected chi connectivity index (χ2v) is 10.1. The van der Waals surface area contributed by atoms with Gasteiger partial charge in [-0.1, -0.05) is 59.3 Å². The minimum absolute atomic E-state index is 0.0567. The fourth-order valence-corrected chi connectivity index (χ4v) is 5.22. The Balaban J connectivity index is 1.39. The lowest BCUT2D eigenvalue weighted by molar-refractivity contribution is -0.116. The highest BCUT2D eigenvalue weighted by molar-refractivity contribution is 9.10. The number of pyridine rings is 1. The van der Waals surface area contributed by atoms with Crippen LogP contribution in [0.3, 0.4) is 0 Å². The molecule has 5 rings (SSSR count). The molecule has 0 aliphatic carbocycles. The normalized spacial score (nSPS) is 17.0. The average Bonchev–Trinajstić information content (AvgIpc) is 3.53. The molecule has 0 bridgehead atoms. The largest absolute Gasteiger partial charge is 0.459 e. The number of benzene rings is 2. The lowest BCUT2D eigenvalue weighted by Gasteiger charge is -2.26. The fraction of sp³-hybridized carbons (Fsp3) is 0.207. The molecular weight excluding hydrogens is 548 g/mol. The highest BCUT2D eigenvalue weighted by Gasteiger charge is 2.41. The van der Waals surface area contributed by atoms with Gasteiger partial charge in [0.2, 0.25) is 5.91 Å². The van der Waals surface area contributed by atoms with Gasteiger partial charge in [0.15, 0.2) is 5.11 Å². The highest BCUT2D eigenvalue weighted by atomic mass is 79.9. The number of thiocarbonyl (C=S) groups is 1. The SMILES string of the molecule is CCc1ccccc1NC(=O)CCN1C(=S)N[C@H](c2ccccn2)[C@@H]1c1ccc(-c2ccc(Br)cc2)o1. The maximum Gasteiger partial charge on any atom is 0.226 e. The first-order valence-electron chi connectivity index (χ1n) is 12.2. The van der Waals surface area contributed by atoms with E-state index in [9.17, 15) is 4.79 Å². The number of hydrogen-bond donors (Lipinski definition) is 2. The molecule has 2 aromatic heterocycles. The molecule has 0 saturated carbocycles. The predicted molar refractivity (Wildman–Crippen MR) is 153 cm³/mol. The number of para-hydroxylation sites is 1. The van der Waals surface area contributed by atoms with Gasteiger partial charge in [-0.15, -0.1) is 0 Å². The lowest BCUT2D eigenvalue weighted by atomic mass is 10.0. The van der Waals surface area contributed by atoms with Crippen LogP contribution in [0, 0.1) is 0 Å². The summed E-state index contributed by atoms with van der Waals surface area (Å²) >= 11 is 9.22. The first kappa shape index (κ1) is 25.2. The van der Waals surface area contributed by atoms with Crippen molar-refractivity contribution in [3.8, 4) is 11.3 Å². The van der Waals surface area contributed by atoms with Crippen LogP contribution in [0.1, 0.15) is 42.4 Å². The molecule has 1 fully saturated rings. The van der Waals surface area contributed by atoms with Crippen molar-refractivity contribution in [2.75, 3.05) is 11.9 Å². The molecule has 0 unspecified atom stereocenters. The predicted octanol–water partition coefficient (Wildman–Crippen LogP) is 6.67. The molecule has 37 heavy (non-hydrogen) atoms. The van der Waals surface area contributed by atoms with Crippen LogP contribution in [0.15, 0.2) is 93.9 Å². The number of anilines is 1. The number of hydrogen-bond acceptors (Lipinski definition) is 4. The maximum atomic E-state index is 12.9. The summed E-state index contributed by atoms with van der Waals surface area (Å²) < 4.78 is 7.38. The van der Waals surface area contributed by atoms with E-state index in [-0.39, 0.29) is 24.4 Å². The number of aryl methyl sites for hydroxylation is 1. The van der Waals surface area contributed by atoms with Gasteiger partial charge in [0, 0.05) is 34.9 Å². The Hall–Kier alpha value is -3.49. The van der Waals surface area contributed by atoms with Gasteiger partial charge in [0.25, 0.3) is 0 Å². The van der Waals surface area contributed by atoms with Crippen molar-refractivity contribution in [3.63, 3.8) is 0 Å². The molecule has 2 aromatic carbocycles. The van der Waals surface area contributed by atoms with E-state index in [1.807, 2.05) is 83.8 Å². The first-order valence-corrected chi connectivity index (χ1v) is 13.4. The molecule has 2 atom stereocenters. The third kappa shape index (κ3) is 5.60. The second-order valence-electron chi connectivity index (χ2n) is 8.84. The molecule has 2 N–H and O–H groups in total. The summed E-state index contributed by atoms with van der Waals surface area (Å²) in [7, 11) is 0. The molecule has 4 aromatic rings. The molecule has 6 nitrogen and oxygen atoms in total. The van der Waals surface area contributed by atoms with Crippen LogP contribution in [-0.2, 0) is 11.2 Å². The molecule has 0 spiro atoms. The minimum atomic E-state index is -0.248. The maximum absolute atomic E-state index is 12.9. The number of nitrogens with one attached hydrogen (secondary N) is 2. The van der Waals surface area contributed by atoms with Crippen LogP contribution < -0.4 is 10.6 Å². The number of nitrogens with zero attached hydrogens (tertiary/aromatic N) is 2. The van der Waals surface area contributed by atoms with Gasteiger partial charge in [0.05, 0.1) is 11.7 Å². The van der Waals surface area contributed by atoms with Crippen molar-refractivity contribution >= 4 is 44.9 Å². The van der Waals surface area contributed by atoms with Crippen molar-refractivity contribution in [2.45, 2.75) is 31.8 Å². The van der Waals surface area contributed by atoms with Crippen LogP contribution in [0.25, 0.3) is 11.3 Å². The quantitative estimate of drug-likeness (QED) is 0.229. The van der Waals surface area contributed by atoms with Crippen LogP contribution >= 0.6 is 28.1 Å². The summed E-state index contributed by atoms with van der Waals surface area (Å²) in [5.74, 6) is 1.48. The zero-order valence-corrected chi connectivity index (χ0v) is 22.8. The van der Waals surface area contributed by atoms with Crippen LogP contribution in [0.5, 0.6) is 0 Å². The molecule has 1 aliphatic heterocycles. The van der Waals surface area contributed by atoms with Crippen molar-refractivity contribution in [1.82, 2.24) is 15.2 Å². The van der Waals surface area contributed by atoms with Crippen LogP contribution in [0.2, 0.25) is 0 Å². The molecule has 188 valence electrons. The van der Waals surface area contributed by atoms with Gasteiger partial charge >= 0.3 is 0 Å². The standard InChI is InChI=1S/C29H27BrN4O2S/c1-2-19-7-3-4-8-22(19)32-26(35)16-18-34-28(27(33-29(34)37)23-9-5-6-17-31-23)25-15-14-24(36-25)20-10-12-21(30)13-11-20/h3-15,17,27-28H,2,16,18H2,1H3,(H,32,35)(H,33,37)/t27-,28+/m1/s1. The van der Waals surface area contributed by atoms with E-state index in [0.717, 1.165) is 44.9 Å². The lowest BCUT2D eigenvalue weighted by Crippen LogP contribution is -2.32. The third-order valence-corrected chi connectivity index (χ3v) is 7.38. The summed E-state index contributed by atoms with van der Waals surface area (Å²) in [6.45, 7) is 2.52. The van der Waals surface area contributed by atoms with E-state index in [4.69, 9.17) is 16.6 Å². The molecular formula is C29H27BrN4O2S. The number of halogens is 1. The molecule has 0 radical (unpaired) electrons. The molecule has 1 aliphatic rings. The summed E-state index contributed by atoms with van der Waals surface area (Å²) in [4.78, 5) is 19.5. The Morgan fingerprint density at radius 1 is 1.08 bits per heavy atom. The van der Waals surface area contributed by atoms with Gasteiger partial charge in [-0.25, -0.2) is 0 Å². The number of amides is 1. The van der Waals surface area contributed by atoms with Crippen LogP contribution in [-0.4, -0.2) is 27.4 Å². The van der Waals surface area contributed by atoms with E-state index in [1.54, 1.807) is 6.20 Å². The van der Waals surface area contributed by atoms with E-state index >= 15 is 0 Å². The number of furan rings is 1. The van der Waals surface area contributed by atoms with Gasteiger partial charge in [-0.3, -0.25) is 9.78 Å². The van der Waals surface area contributed by atoms with Crippen molar-refractivity contribution in [3.05, 3.63) is 107 Å². The molecule has 1 amide bonds. The van der Waals surface area contributed by atoms with E-state index in [1.165, 1.54) is 0 Å². The Morgan fingerprint density at radius 2 is 1.86 bits per heavy atom. The Labute approximate surface area is 230 Å². The van der Waals surface area contributed by atoms with Gasteiger partial charge < -0.3 is 20.0 Å². The average molecular weight is 576 g/mol. The first-order chi connectivity index (χ1) is 18.0. The Kier molecular flexibility index (Phi) is 7.67. The second kappa shape index (κ2) is 11.3. The van der Waals surface area contributed by atoms with Gasteiger partial charge in [-0.2, -0.15) is 0 Å². The van der Waals surface area contributed by atoms with E-state index < -0.39 is 0 Å². The topological polar surface area (TPSA) is 70.4 Å². The molecule has 1 saturated heterocycles. The summed E-state index contributed by atoms with van der Waals surface area (Å²) in [6, 6.07) is 25.2. The fourth-order valence-electron chi connectivity index (χ4n) is 4.62. The smallest absolute Gasteiger partial charge is 0.226 e. The molecule has 8 heteroatoms. The van der Waals surface area contributed by atoms with E-state index in [0.29, 0.717) is 11.7 Å². The van der Waals surface area contributed by atoms with Crippen molar-refractivity contribution < 1.29 is 9.21 Å². The zero-order chi connectivity index (χ0) is 25.8.